The molecule has 0 aliphatic rings. The predicted octanol–water partition coefficient (Wildman–Crippen LogP) is 2.42. The molecule has 1 aromatic heterocycles. The number of hydrogen-bond donors (Lipinski definition) is 1. The van der Waals surface area contributed by atoms with Crippen LogP contribution in [0.1, 0.15) is 5.56 Å². The van der Waals surface area contributed by atoms with Gasteiger partial charge in [0.15, 0.2) is 5.82 Å². The first kappa shape index (κ1) is 13.8. The third kappa shape index (κ3) is 2.87. The summed E-state index contributed by atoms with van der Waals surface area (Å²) in [5, 5.41) is 4.69. The Morgan fingerprint density at radius 3 is 2.37 bits per heavy atom. The van der Waals surface area contributed by atoms with E-state index >= 15 is 0 Å². The molecule has 102 valence electrons. The van der Waals surface area contributed by atoms with Gasteiger partial charge in [-0.05, 0) is 6.07 Å². The summed E-state index contributed by atoms with van der Waals surface area (Å²) in [6.07, 6.45) is -4.60. The highest BCUT2D eigenvalue weighted by Crippen LogP contribution is 2.35. The number of nitrogens with one attached hydrogen (secondary N) is 1. The zero-order chi connectivity index (χ0) is 14.3. The number of halogens is 4. The van der Waals surface area contributed by atoms with Gasteiger partial charge in [-0.2, -0.15) is 23.3 Å². The van der Waals surface area contributed by atoms with Crippen LogP contribution in [0.5, 0.6) is 0 Å². The molecule has 0 aliphatic carbocycles. The molecule has 1 aromatic carbocycles. The molecule has 5 nitrogen and oxygen atoms in total. The predicted molar refractivity (Wildman–Crippen MR) is 59.9 cm³/mol. The Balaban J connectivity index is 2.58. The number of alkyl halides is 3. The van der Waals surface area contributed by atoms with Crippen molar-refractivity contribution >= 4 is 19.7 Å². The van der Waals surface area contributed by atoms with E-state index in [-0.39, 0.29) is 5.56 Å². The summed E-state index contributed by atoms with van der Waals surface area (Å²) in [4.78, 5) is 3.44. The maximum absolute atomic E-state index is 12.8. The van der Waals surface area contributed by atoms with Crippen LogP contribution >= 0.6 is 10.7 Å². The average molecular weight is 312 g/mol. The molecule has 0 saturated heterocycles. The number of rotatable bonds is 2. The van der Waals surface area contributed by atoms with Gasteiger partial charge in [-0.25, -0.2) is 13.5 Å². The molecule has 2 rings (SSSR count). The molecule has 0 amide bonds. The quantitative estimate of drug-likeness (QED) is 0.864. The SMILES string of the molecule is O=S(=O)(Cl)c1nc(-c2ccccc2C(F)(F)F)n[nH]1. The number of hydrogen-bond acceptors (Lipinski definition) is 4. The Bertz CT molecular complexity index is 711. The number of nitrogens with zero attached hydrogens (tertiary/aromatic N) is 2. The van der Waals surface area contributed by atoms with Crippen LogP contribution in [0.3, 0.4) is 0 Å². The topological polar surface area (TPSA) is 75.7 Å². The summed E-state index contributed by atoms with van der Waals surface area (Å²) in [5.74, 6) is -0.396. The van der Waals surface area contributed by atoms with E-state index in [1.54, 1.807) is 0 Å². The molecule has 0 bridgehead atoms. The second kappa shape index (κ2) is 4.49. The monoisotopic (exact) mass is 311 g/mol. The Hall–Kier alpha value is -1.61. The summed E-state index contributed by atoms with van der Waals surface area (Å²) in [6.45, 7) is 0. The largest absolute Gasteiger partial charge is 0.417 e. The molecule has 0 saturated carbocycles. The van der Waals surface area contributed by atoms with Gasteiger partial charge in [0.05, 0.1) is 5.56 Å². The first-order valence-electron chi connectivity index (χ1n) is 4.73. The molecular formula is C9H5ClF3N3O2S. The van der Waals surface area contributed by atoms with Gasteiger partial charge in [0.2, 0.25) is 0 Å². The molecule has 0 unspecified atom stereocenters. The zero-order valence-electron chi connectivity index (χ0n) is 8.94. The maximum Gasteiger partial charge on any atom is 0.417 e. The van der Waals surface area contributed by atoms with Crippen molar-refractivity contribution in [2.24, 2.45) is 0 Å². The molecule has 0 aliphatic heterocycles. The molecule has 19 heavy (non-hydrogen) atoms. The molecule has 1 heterocycles. The standard InChI is InChI=1S/C9H5ClF3N3O2S/c10-19(17,18)8-14-7(15-16-8)5-3-1-2-4-6(5)9(11,12)13/h1-4H,(H,14,15,16). The van der Waals surface area contributed by atoms with Crippen molar-refractivity contribution in [2.45, 2.75) is 11.3 Å². The average Bonchev–Trinajstić information content (AvgIpc) is 2.76. The van der Waals surface area contributed by atoms with Gasteiger partial charge < -0.3 is 0 Å². The fourth-order valence-electron chi connectivity index (χ4n) is 1.40. The van der Waals surface area contributed by atoms with Crippen LogP contribution in [0.15, 0.2) is 29.4 Å². The van der Waals surface area contributed by atoms with E-state index in [1.807, 2.05) is 5.10 Å². The van der Waals surface area contributed by atoms with Crippen LogP contribution in [0.4, 0.5) is 13.2 Å². The van der Waals surface area contributed by atoms with E-state index in [4.69, 9.17) is 10.7 Å². The summed E-state index contributed by atoms with van der Waals surface area (Å²) < 4.78 is 60.2. The van der Waals surface area contributed by atoms with E-state index in [2.05, 4.69) is 10.1 Å². The first-order chi connectivity index (χ1) is 8.69. The minimum atomic E-state index is -4.60. The molecule has 2 aromatic rings. The third-order valence-corrected chi connectivity index (χ3v) is 3.25. The van der Waals surface area contributed by atoms with Crippen molar-refractivity contribution in [1.29, 1.82) is 0 Å². The molecule has 0 spiro atoms. The van der Waals surface area contributed by atoms with Crippen molar-refractivity contribution in [1.82, 2.24) is 15.2 Å². The van der Waals surface area contributed by atoms with Crippen LogP contribution in [0.25, 0.3) is 11.4 Å². The van der Waals surface area contributed by atoms with E-state index in [0.29, 0.717) is 0 Å². The van der Waals surface area contributed by atoms with Crippen LogP contribution in [0.2, 0.25) is 0 Å². The highest BCUT2D eigenvalue weighted by atomic mass is 35.7. The normalized spacial score (nSPS) is 12.6. The van der Waals surface area contributed by atoms with E-state index in [0.717, 1.165) is 12.1 Å². The number of aromatic amines is 1. The molecule has 0 fully saturated rings. The maximum atomic E-state index is 12.8. The Kier molecular flexibility index (Phi) is 3.27. The van der Waals surface area contributed by atoms with Gasteiger partial charge in [0.1, 0.15) is 0 Å². The van der Waals surface area contributed by atoms with Gasteiger partial charge >= 0.3 is 6.18 Å². The van der Waals surface area contributed by atoms with Gasteiger partial charge in [0, 0.05) is 16.2 Å². The first-order valence-corrected chi connectivity index (χ1v) is 7.04. The van der Waals surface area contributed by atoms with Crippen LogP contribution < -0.4 is 0 Å². The van der Waals surface area contributed by atoms with Gasteiger partial charge in [-0.15, -0.1) is 0 Å². The zero-order valence-corrected chi connectivity index (χ0v) is 10.5. The lowest BCUT2D eigenvalue weighted by molar-refractivity contribution is -0.137. The number of aromatic nitrogens is 3. The lowest BCUT2D eigenvalue weighted by Gasteiger charge is -2.09. The van der Waals surface area contributed by atoms with Crippen molar-refractivity contribution in [3.8, 4) is 11.4 Å². The van der Waals surface area contributed by atoms with Crippen molar-refractivity contribution in [3.63, 3.8) is 0 Å². The van der Waals surface area contributed by atoms with Crippen LogP contribution in [-0.2, 0) is 15.2 Å². The third-order valence-electron chi connectivity index (χ3n) is 2.17. The molecule has 1 N–H and O–H groups in total. The minimum absolute atomic E-state index is 0.335. The second-order valence-electron chi connectivity index (χ2n) is 3.45. The van der Waals surface area contributed by atoms with E-state index in [1.165, 1.54) is 12.1 Å². The van der Waals surface area contributed by atoms with Gasteiger partial charge in [0.25, 0.3) is 14.2 Å². The summed E-state index contributed by atoms with van der Waals surface area (Å²) in [7, 11) is 0.829. The van der Waals surface area contributed by atoms with Crippen LogP contribution in [-0.4, -0.2) is 23.6 Å². The highest BCUT2D eigenvalue weighted by molar-refractivity contribution is 8.13. The van der Waals surface area contributed by atoms with Crippen molar-refractivity contribution in [3.05, 3.63) is 29.8 Å². The molecule has 10 heteroatoms. The van der Waals surface area contributed by atoms with E-state index < -0.39 is 31.8 Å². The van der Waals surface area contributed by atoms with Crippen molar-refractivity contribution in [2.75, 3.05) is 0 Å². The molecule has 0 atom stereocenters. The molecule has 0 radical (unpaired) electrons. The number of H-pyrrole nitrogens is 1. The van der Waals surface area contributed by atoms with E-state index in [9.17, 15) is 21.6 Å². The van der Waals surface area contributed by atoms with Gasteiger partial charge in [-0.1, -0.05) is 18.2 Å². The summed E-state index contributed by atoms with van der Waals surface area (Å²) >= 11 is 0. The van der Waals surface area contributed by atoms with Crippen LogP contribution in [0, 0.1) is 0 Å². The smallest absolute Gasteiger partial charge is 0.248 e. The summed E-state index contributed by atoms with van der Waals surface area (Å²) in [5.41, 5.74) is -1.30. The van der Waals surface area contributed by atoms with Crippen molar-refractivity contribution < 1.29 is 21.6 Å². The lowest BCUT2D eigenvalue weighted by atomic mass is 10.1. The Labute approximate surface area is 109 Å². The Morgan fingerprint density at radius 1 is 1.21 bits per heavy atom. The second-order valence-corrected chi connectivity index (χ2v) is 5.93. The fourth-order valence-corrected chi connectivity index (χ4v) is 1.96. The van der Waals surface area contributed by atoms with Gasteiger partial charge in [-0.3, -0.25) is 0 Å². The fraction of sp³-hybridized carbons (Fsp3) is 0.111. The Morgan fingerprint density at radius 2 is 1.84 bits per heavy atom. The minimum Gasteiger partial charge on any atom is -0.248 e. The number of benzene rings is 1. The molecular weight excluding hydrogens is 307 g/mol. The lowest BCUT2D eigenvalue weighted by Crippen LogP contribution is -2.07. The highest BCUT2D eigenvalue weighted by Gasteiger charge is 2.34. The summed E-state index contributed by atoms with van der Waals surface area (Å²) in [6, 6.07) is 4.55.